The molecule has 0 saturated carbocycles. The van der Waals surface area contributed by atoms with Gasteiger partial charge in [-0.2, -0.15) is 4.31 Å². The zero-order valence-corrected chi connectivity index (χ0v) is 18.6. The van der Waals surface area contributed by atoms with E-state index in [9.17, 15) is 18.0 Å². The van der Waals surface area contributed by atoms with Gasteiger partial charge in [0.25, 0.3) is 5.91 Å². The van der Waals surface area contributed by atoms with E-state index in [2.05, 4.69) is 0 Å². The van der Waals surface area contributed by atoms with E-state index in [1.54, 1.807) is 6.08 Å². The summed E-state index contributed by atoms with van der Waals surface area (Å²) in [7, 11) is -3.65. The molecule has 0 aliphatic carbocycles. The smallest absolute Gasteiger partial charge is 0.330 e. The van der Waals surface area contributed by atoms with Crippen molar-refractivity contribution in [2.24, 2.45) is 0 Å². The molecule has 1 aromatic carbocycles. The lowest BCUT2D eigenvalue weighted by Crippen LogP contribution is -2.51. The standard InChI is InChI=1S/C21H30N2O5S/c1-6-7-8-20(25)28-14-19(24)22-9-11-23(12-10-22)29(26,27)21-17(4)15(2)13-16(3)18(21)5/h7-8,13H,6,9-12,14H2,1-5H3/b8-7+. The fourth-order valence-electron chi connectivity index (χ4n) is 3.36. The molecule has 1 fully saturated rings. The molecule has 1 aliphatic rings. The number of sulfonamides is 1. The first-order chi connectivity index (χ1) is 13.6. The van der Waals surface area contributed by atoms with Gasteiger partial charge in [0.1, 0.15) is 0 Å². The third-order valence-corrected chi connectivity index (χ3v) is 7.49. The van der Waals surface area contributed by atoms with Crippen LogP contribution in [0.25, 0.3) is 0 Å². The maximum Gasteiger partial charge on any atom is 0.330 e. The molecule has 8 heteroatoms. The van der Waals surface area contributed by atoms with E-state index in [1.165, 1.54) is 15.3 Å². The van der Waals surface area contributed by atoms with Crippen molar-refractivity contribution in [1.29, 1.82) is 0 Å². The summed E-state index contributed by atoms with van der Waals surface area (Å²) in [6.07, 6.45) is 3.67. The molecular formula is C21H30N2O5S. The monoisotopic (exact) mass is 422 g/mol. The van der Waals surface area contributed by atoms with Gasteiger partial charge in [-0.25, -0.2) is 13.2 Å². The van der Waals surface area contributed by atoms with Crippen LogP contribution in [-0.4, -0.2) is 62.3 Å². The first kappa shape index (κ1) is 23.1. The van der Waals surface area contributed by atoms with Crippen molar-refractivity contribution in [3.63, 3.8) is 0 Å². The molecule has 1 amide bonds. The van der Waals surface area contributed by atoms with Crippen LogP contribution in [0.3, 0.4) is 0 Å². The highest BCUT2D eigenvalue weighted by molar-refractivity contribution is 7.89. The summed E-state index contributed by atoms with van der Waals surface area (Å²) < 4.78 is 32.9. The number of esters is 1. The van der Waals surface area contributed by atoms with Gasteiger partial charge in [-0.15, -0.1) is 0 Å². The quantitative estimate of drug-likeness (QED) is 0.519. The maximum absolute atomic E-state index is 13.3. The highest BCUT2D eigenvalue weighted by Gasteiger charge is 2.33. The Bertz CT molecular complexity index is 887. The Kier molecular flexibility index (Phi) is 7.60. The molecule has 1 heterocycles. The lowest BCUT2D eigenvalue weighted by atomic mass is 10.0. The topological polar surface area (TPSA) is 84.0 Å². The molecule has 29 heavy (non-hydrogen) atoms. The minimum Gasteiger partial charge on any atom is -0.452 e. The molecule has 2 rings (SSSR count). The summed E-state index contributed by atoms with van der Waals surface area (Å²) in [5.74, 6) is -0.874. The second kappa shape index (κ2) is 9.54. The van der Waals surface area contributed by atoms with E-state index in [-0.39, 0.29) is 38.7 Å². The Morgan fingerprint density at radius 3 is 2.10 bits per heavy atom. The summed E-state index contributed by atoms with van der Waals surface area (Å²) in [4.78, 5) is 25.6. The van der Waals surface area contributed by atoms with Gasteiger partial charge in [0.05, 0.1) is 4.90 Å². The third-order valence-electron chi connectivity index (χ3n) is 5.31. The average molecular weight is 423 g/mol. The number of aryl methyl sites for hydroxylation is 2. The Labute approximate surface area is 173 Å². The largest absolute Gasteiger partial charge is 0.452 e. The van der Waals surface area contributed by atoms with E-state index in [4.69, 9.17) is 4.74 Å². The number of nitrogens with zero attached hydrogens (tertiary/aromatic N) is 2. The van der Waals surface area contributed by atoms with Gasteiger partial charge in [0, 0.05) is 32.3 Å². The van der Waals surface area contributed by atoms with Gasteiger partial charge in [-0.3, -0.25) is 4.79 Å². The molecule has 1 aromatic rings. The van der Waals surface area contributed by atoms with Crippen LogP contribution in [0.2, 0.25) is 0 Å². The van der Waals surface area contributed by atoms with Gasteiger partial charge in [0.15, 0.2) is 6.61 Å². The minimum absolute atomic E-state index is 0.212. The SMILES string of the molecule is CC/C=C/C(=O)OCC(=O)N1CCN(S(=O)(=O)c2c(C)c(C)cc(C)c2C)CC1. The third kappa shape index (κ3) is 5.25. The number of hydrogen-bond donors (Lipinski definition) is 0. The Morgan fingerprint density at radius 2 is 1.59 bits per heavy atom. The Balaban J connectivity index is 2.05. The fourth-order valence-corrected chi connectivity index (χ4v) is 5.36. The molecule has 1 aliphatic heterocycles. The van der Waals surface area contributed by atoms with Crippen LogP contribution < -0.4 is 0 Å². The number of rotatable bonds is 6. The second-order valence-corrected chi connectivity index (χ2v) is 9.17. The number of carbonyl (C=O) groups excluding carboxylic acids is 2. The fraction of sp³-hybridized carbons (Fsp3) is 0.524. The summed E-state index contributed by atoms with van der Waals surface area (Å²) >= 11 is 0. The number of piperazine rings is 1. The lowest BCUT2D eigenvalue weighted by Gasteiger charge is -2.34. The van der Waals surface area contributed by atoms with E-state index >= 15 is 0 Å². The average Bonchev–Trinajstić information content (AvgIpc) is 2.69. The van der Waals surface area contributed by atoms with E-state index in [0.29, 0.717) is 11.3 Å². The van der Waals surface area contributed by atoms with Crippen LogP contribution in [0, 0.1) is 27.7 Å². The molecule has 0 atom stereocenters. The molecule has 0 unspecified atom stereocenters. The van der Waals surface area contributed by atoms with Crippen molar-refractivity contribution < 1.29 is 22.7 Å². The summed E-state index contributed by atoms with van der Waals surface area (Å²) in [6.45, 7) is 9.99. The van der Waals surface area contributed by atoms with Gasteiger partial charge >= 0.3 is 5.97 Å². The van der Waals surface area contributed by atoms with Crippen LogP contribution >= 0.6 is 0 Å². The van der Waals surface area contributed by atoms with Crippen molar-refractivity contribution in [1.82, 2.24) is 9.21 Å². The normalized spacial score (nSPS) is 15.7. The summed E-state index contributed by atoms with van der Waals surface area (Å²) in [5, 5.41) is 0. The van der Waals surface area contributed by atoms with Gasteiger partial charge in [0.2, 0.25) is 10.0 Å². The van der Waals surface area contributed by atoms with Crippen LogP contribution in [0.4, 0.5) is 0 Å². The first-order valence-electron chi connectivity index (χ1n) is 9.78. The van der Waals surface area contributed by atoms with Crippen LogP contribution in [0.15, 0.2) is 23.1 Å². The minimum atomic E-state index is -3.65. The number of amides is 1. The van der Waals surface area contributed by atoms with Crippen molar-refractivity contribution in [2.75, 3.05) is 32.8 Å². The number of benzene rings is 1. The molecule has 0 aromatic heterocycles. The van der Waals surface area contributed by atoms with Crippen molar-refractivity contribution in [2.45, 2.75) is 45.9 Å². The Morgan fingerprint density at radius 1 is 1.03 bits per heavy atom. The summed E-state index contributed by atoms with van der Waals surface area (Å²) in [6, 6.07) is 2.00. The zero-order chi connectivity index (χ0) is 21.8. The van der Waals surface area contributed by atoms with Crippen molar-refractivity contribution in [3.05, 3.63) is 40.5 Å². The number of hydrogen-bond acceptors (Lipinski definition) is 5. The highest BCUT2D eigenvalue weighted by atomic mass is 32.2. The number of carbonyl (C=O) groups is 2. The number of allylic oxidation sites excluding steroid dienone is 1. The van der Waals surface area contributed by atoms with Crippen LogP contribution in [0.1, 0.15) is 35.6 Å². The van der Waals surface area contributed by atoms with E-state index in [1.807, 2.05) is 40.7 Å². The van der Waals surface area contributed by atoms with Gasteiger partial charge in [-0.05, 0) is 56.4 Å². The van der Waals surface area contributed by atoms with E-state index < -0.39 is 16.0 Å². The molecule has 0 bridgehead atoms. The second-order valence-electron chi connectivity index (χ2n) is 7.29. The number of ether oxygens (including phenoxy) is 1. The molecule has 0 spiro atoms. The van der Waals surface area contributed by atoms with Crippen molar-refractivity contribution in [3.8, 4) is 0 Å². The lowest BCUT2D eigenvalue weighted by molar-refractivity contribution is -0.148. The molecule has 160 valence electrons. The molecule has 7 nitrogen and oxygen atoms in total. The van der Waals surface area contributed by atoms with Gasteiger partial charge < -0.3 is 9.64 Å². The van der Waals surface area contributed by atoms with Gasteiger partial charge in [-0.1, -0.05) is 19.1 Å². The zero-order valence-electron chi connectivity index (χ0n) is 17.8. The highest BCUT2D eigenvalue weighted by Crippen LogP contribution is 2.29. The predicted molar refractivity (Wildman–Crippen MR) is 111 cm³/mol. The van der Waals surface area contributed by atoms with Crippen molar-refractivity contribution >= 4 is 21.9 Å². The van der Waals surface area contributed by atoms with E-state index in [0.717, 1.165) is 22.3 Å². The molecular weight excluding hydrogens is 392 g/mol. The summed E-state index contributed by atoms with van der Waals surface area (Å²) in [5.41, 5.74) is 3.41. The molecule has 1 saturated heterocycles. The maximum atomic E-state index is 13.3. The van der Waals surface area contributed by atoms with Crippen LogP contribution in [0.5, 0.6) is 0 Å². The van der Waals surface area contributed by atoms with Crippen LogP contribution in [-0.2, 0) is 24.3 Å². The first-order valence-corrected chi connectivity index (χ1v) is 11.2. The Hall–Kier alpha value is -2.19. The predicted octanol–water partition coefficient (Wildman–Crippen LogP) is 2.26. The molecule has 0 N–H and O–H groups in total. The molecule has 0 radical (unpaired) electrons.